The third kappa shape index (κ3) is 3.22. The van der Waals surface area contributed by atoms with E-state index in [9.17, 15) is 19.7 Å². The molecular formula is C16H15N3O5S. The van der Waals surface area contributed by atoms with E-state index in [0.717, 1.165) is 0 Å². The van der Waals surface area contributed by atoms with E-state index in [4.69, 9.17) is 5.11 Å². The molecule has 2 atom stereocenters. The lowest BCUT2D eigenvalue weighted by atomic mass is 10.0. The number of likely N-dealkylation sites (tertiary alicyclic amines) is 1. The van der Waals surface area contributed by atoms with Gasteiger partial charge in [0.1, 0.15) is 10.7 Å². The van der Waals surface area contributed by atoms with E-state index in [1.165, 1.54) is 28.4 Å². The number of benzene rings is 1. The maximum absolute atomic E-state index is 12.6. The molecule has 0 radical (unpaired) electrons. The maximum atomic E-state index is 12.6. The van der Waals surface area contributed by atoms with Crippen LogP contribution in [-0.4, -0.2) is 44.4 Å². The van der Waals surface area contributed by atoms with Crippen molar-refractivity contribution in [3.05, 3.63) is 45.5 Å². The second-order valence-electron chi connectivity index (χ2n) is 5.81. The number of nitrogens with zero attached hydrogens (tertiary/aromatic N) is 3. The lowest BCUT2D eigenvalue weighted by Crippen LogP contribution is -2.37. The summed E-state index contributed by atoms with van der Waals surface area (Å²) in [5, 5.41) is 22.1. The van der Waals surface area contributed by atoms with Crippen LogP contribution in [0.5, 0.6) is 0 Å². The van der Waals surface area contributed by atoms with Gasteiger partial charge in [-0.05, 0) is 25.5 Å². The number of carboxylic acids is 1. The minimum Gasteiger partial charge on any atom is -0.481 e. The van der Waals surface area contributed by atoms with E-state index >= 15 is 0 Å². The van der Waals surface area contributed by atoms with E-state index in [1.54, 1.807) is 24.4 Å². The first-order valence-electron chi connectivity index (χ1n) is 7.62. The summed E-state index contributed by atoms with van der Waals surface area (Å²) >= 11 is 1.27. The van der Waals surface area contributed by atoms with Gasteiger partial charge in [0, 0.05) is 35.7 Å². The van der Waals surface area contributed by atoms with Crippen LogP contribution < -0.4 is 0 Å². The molecule has 3 rings (SSSR count). The molecule has 25 heavy (non-hydrogen) atoms. The van der Waals surface area contributed by atoms with E-state index in [1.807, 2.05) is 0 Å². The Bertz CT molecular complexity index is 833. The first kappa shape index (κ1) is 17.0. The summed E-state index contributed by atoms with van der Waals surface area (Å²) in [6.07, 6.45) is 0.432. The van der Waals surface area contributed by atoms with Crippen LogP contribution in [0.15, 0.2) is 29.6 Å². The smallest absolute Gasteiger partial charge is 0.308 e. The van der Waals surface area contributed by atoms with Gasteiger partial charge in [0.25, 0.3) is 11.6 Å². The summed E-state index contributed by atoms with van der Waals surface area (Å²) in [5.41, 5.74) is 0.936. The highest BCUT2D eigenvalue weighted by Crippen LogP contribution is 2.29. The highest BCUT2D eigenvalue weighted by molar-refractivity contribution is 7.13. The van der Waals surface area contributed by atoms with E-state index in [-0.39, 0.29) is 23.3 Å². The van der Waals surface area contributed by atoms with Crippen molar-refractivity contribution in [1.29, 1.82) is 0 Å². The quantitative estimate of drug-likeness (QED) is 0.661. The number of rotatable bonds is 4. The Kier molecular flexibility index (Phi) is 4.49. The average Bonchev–Trinajstić information content (AvgIpc) is 3.21. The van der Waals surface area contributed by atoms with Gasteiger partial charge < -0.3 is 10.0 Å². The zero-order valence-corrected chi connectivity index (χ0v) is 14.1. The number of carbonyl (C=O) groups excluding carboxylic acids is 1. The van der Waals surface area contributed by atoms with Crippen molar-refractivity contribution in [2.75, 3.05) is 6.54 Å². The highest BCUT2D eigenvalue weighted by atomic mass is 32.1. The first-order valence-corrected chi connectivity index (χ1v) is 8.50. The molecule has 1 amide bonds. The number of hydrogen-bond donors (Lipinski definition) is 1. The zero-order chi connectivity index (χ0) is 18.1. The number of nitro benzene ring substituents is 1. The Morgan fingerprint density at radius 2 is 2.04 bits per heavy atom. The number of thiazole rings is 1. The van der Waals surface area contributed by atoms with Crippen LogP contribution >= 0.6 is 11.3 Å². The molecule has 9 heteroatoms. The van der Waals surface area contributed by atoms with Gasteiger partial charge in [-0.1, -0.05) is 0 Å². The normalized spacial score (nSPS) is 19.8. The number of non-ortho nitro benzene ring substituents is 1. The lowest BCUT2D eigenvalue weighted by Gasteiger charge is -2.22. The van der Waals surface area contributed by atoms with Gasteiger partial charge >= 0.3 is 5.97 Å². The number of nitro groups is 1. The monoisotopic (exact) mass is 361 g/mol. The van der Waals surface area contributed by atoms with Crippen molar-refractivity contribution in [2.24, 2.45) is 5.92 Å². The molecule has 0 aliphatic carbocycles. The van der Waals surface area contributed by atoms with Crippen LogP contribution in [0, 0.1) is 16.0 Å². The van der Waals surface area contributed by atoms with Crippen LogP contribution in [0.3, 0.4) is 0 Å². The third-order valence-corrected chi connectivity index (χ3v) is 5.27. The average molecular weight is 361 g/mol. The van der Waals surface area contributed by atoms with Crippen LogP contribution in [0.1, 0.15) is 23.8 Å². The Morgan fingerprint density at radius 3 is 2.60 bits per heavy atom. The molecule has 0 spiro atoms. The molecule has 1 saturated heterocycles. The van der Waals surface area contributed by atoms with E-state index in [2.05, 4.69) is 4.98 Å². The second kappa shape index (κ2) is 6.60. The molecule has 0 bridgehead atoms. The number of aliphatic carboxylic acids is 1. The molecule has 8 nitrogen and oxygen atoms in total. The van der Waals surface area contributed by atoms with Crippen LogP contribution in [0.25, 0.3) is 10.6 Å². The molecule has 1 N–H and O–H groups in total. The summed E-state index contributed by atoms with van der Waals surface area (Å²) in [7, 11) is 0. The topological polar surface area (TPSA) is 114 Å². The molecule has 1 aliphatic rings. The van der Waals surface area contributed by atoms with Crippen molar-refractivity contribution >= 4 is 28.9 Å². The highest BCUT2D eigenvalue weighted by Gasteiger charge is 2.38. The molecule has 1 fully saturated rings. The summed E-state index contributed by atoms with van der Waals surface area (Å²) < 4.78 is 0. The molecule has 1 aliphatic heterocycles. The van der Waals surface area contributed by atoms with E-state index in [0.29, 0.717) is 23.5 Å². The standard InChI is InChI=1S/C16H15N3O5S/c1-9-12(16(21)22)6-7-18(9)15(20)13-8-25-14(17-13)10-2-4-11(5-3-10)19(23)24/h2-5,8-9,12H,6-7H2,1H3,(H,21,22). The number of amides is 1. The fourth-order valence-electron chi connectivity index (χ4n) is 2.93. The second-order valence-corrected chi connectivity index (χ2v) is 6.67. The largest absolute Gasteiger partial charge is 0.481 e. The van der Waals surface area contributed by atoms with Gasteiger partial charge in [0.15, 0.2) is 0 Å². The van der Waals surface area contributed by atoms with Crippen LogP contribution in [-0.2, 0) is 4.79 Å². The molecule has 1 aromatic carbocycles. The SMILES string of the molecule is CC1C(C(=O)O)CCN1C(=O)c1csc(-c2ccc([N+](=O)[O-])cc2)n1. The van der Waals surface area contributed by atoms with Gasteiger partial charge in [-0.25, -0.2) is 4.98 Å². The van der Waals surface area contributed by atoms with Crippen molar-refractivity contribution < 1.29 is 19.6 Å². The molecule has 0 saturated carbocycles. The van der Waals surface area contributed by atoms with Crippen molar-refractivity contribution in [2.45, 2.75) is 19.4 Å². The van der Waals surface area contributed by atoms with Gasteiger partial charge in [-0.2, -0.15) is 0 Å². The van der Waals surface area contributed by atoms with Crippen molar-refractivity contribution in [1.82, 2.24) is 9.88 Å². The predicted octanol–water partition coefficient (Wildman–Crippen LogP) is 2.65. The summed E-state index contributed by atoms with van der Waals surface area (Å²) in [4.78, 5) is 39.8. The molecule has 2 aromatic rings. The third-order valence-electron chi connectivity index (χ3n) is 4.38. The minimum atomic E-state index is -0.896. The number of hydrogen-bond acceptors (Lipinski definition) is 6. The van der Waals surface area contributed by atoms with Gasteiger partial charge in [0.05, 0.1) is 10.8 Å². The van der Waals surface area contributed by atoms with Crippen molar-refractivity contribution in [3.63, 3.8) is 0 Å². The van der Waals surface area contributed by atoms with Gasteiger partial charge in [-0.15, -0.1) is 11.3 Å². The summed E-state index contributed by atoms with van der Waals surface area (Å²) in [5.74, 6) is -1.75. The first-order chi connectivity index (χ1) is 11.9. The molecular weight excluding hydrogens is 346 g/mol. The molecule has 130 valence electrons. The Hall–Kier alpha value is -2.81. The lowest BCUT2D eigenvalue weighted by molar-refractivity contribution is -0.384. The van der Waals surface area contributed by atoms with Crippen LogP contribution in [0.4, 0.5) is 5.69 Å². The van der Waals surface area contributed by atoms with Gasteiger partial charge in [0.2, 0.25) is 0 Å². The molecule has 2 heterocycles. The Labute approximate surface area is 146 Å². The molecule has 2 unspecified atom stereocenters. The van der Waals surface area contributed by atoms with Crippen LogP contribution in [0.2, 0.25) is 0 Å². The summed E-state index contributed by atoms with van der Waals surface area (Å²) in [6.45, 7) is 2.12. The fourth-order valence-corrected chi connectivity index (χ4v) is 3.73. The number of carboxylic acid groups (broad SMARTS) is 1. The Balaban J connectivity index is 1.78. The van der Waals surface area contributed by atoms with Crippen molar-refractivity contribution in [3.8, 4) is 10.6 Å². The maximum Gasteiger partial charge on any atom is 0.308 e. The Morgan fingerprint density at radius 1 is 1.36 bits per heavy atom. The zero-order valence-electron chi connectivity index (χ0n) is 13.3. The van der Waals surface area contributed by atoms with E-state index < -0.39 is 16.8 Å². The fraction of sp³-hybridized carbons (Fsp3) is 0.312. The summed E-state index contributed by atoms with van der Waals surface area (Å²) in [6, 6.07) is 5.57. The molecule has 1 aromatic heterocycles. The number of carbonyl (C=O) groups is 2. The predicted molar refractivity (Wildman–Crippen MR) is 90.4 cm³/mol. The minimum absolute atomic E-state index is 0.0118. The van der Waals surface area contributed by atoms with Gasteiger partial charge in [-0.3, -0.25) is 19.7 Å². The number of aromatic nitrogens is 1.